The number of fused-ring (bicyclic) bond motifs is 1. The Kier molecular flexibility index (Phi) is 5.68. The molecule has 0 spiro atoms. The second-order valence-corrected chi connectivity index (χ2v) is 7.20. The first-order chi connectivity index (χ1) is 12.6. The van der Waals surface area contributed by atoms with Gasteiger partial charge in [-0.3, -0.25) is 9.59 Å². The minimum absolute atomic E-state index is 0.00671. The first kappa shape index (κ1) is 18.1. The second kappa shape index (κ2) is 8.15. The Labute approximate surface area is 157 Å². The minimum atomic E-state index is -0.240. The fraction of sp³-hybridized carbons (Fsp3) is 0.190. The van der Waals surface area contributed by atoms with E-state index in [2.05, 4.69) is 10.3 Å². The van der Waals surface area contributed by atoms with Gasteiger partial charge in [-0.25, -0.2) is 4.98 Å². The number of nitrogens with one attached hydrogen (secondary N) is 1. The monoisotopic (exact) mass is 364 g/mol. The smallest absolute Gasteiger partial charge is 0.237 e. The molecular weight excluding hydrogens is 344 g/mol. The number of benzene rings is 2. The normalized spacial score (nSPS) is 11.9. The fourth-order valence-electron chi connectivity index (χ4n) is 2.59. The van der Waals surface area contributed by atoms with Crippen molar-refractivity contribution in [2.45, 2.75) is 30.5 Å². The molecule has 0 saturated heterocycles. The average Bonchev–Trinajstić information content (AvgIpc) is 2.66. The van der Waals surface area contributed by atoms with Crippen LogP contribution >= 0.6 is 11.8 Å². The lowest BCUT2D eigenvalue weighted by Gasteiger charge is -2.14. The molecule has 0 bridgehead atoms. The van der Waals surface area contributed by atoms with Crippen molar-refractivity contribution >= 4 is 40.0 Å². The third kappa shape index (κ3) is 4.29. The van der Waals surface area contributed by atoms with E-state index < -0.39 is 0 Å². The Morgan fingerprint density at radius 2 is 1.77 bits per heavy atom. The number of pyridine rings is 1. The molecule has 5 heteroatoms. The minimum Gasteiger partial charge on any atom is -0.325 e. The van der Waals surface area contributed by atoms with E-state index in [1.54, 1.807) is 24.3 Å². The van der Waals surface area contributed by atoms with Crippen molar-refractivity contribution in [3.8, 4) is 0 Å². The zero-order valence-electron chi connectivity index (χ0n) is 14.7. The maximum atomic E-state index is 12.6. The molecule has 4 nitrogen and oxygen atoms in total. The van der Waals surface area contributed by atoms with E-state index in [9.17, 15) is 9.59 Å². The summed E-state index contributed by atoms with van der Waals surface area (Å²) in [5.74, 6) is -0.0599. The van der Waals surface area contributed by atoms with Crippen molar-refractivity contribution in [2.24, 2.45) is 0 Å². The molecule has 1 amide bonds. The van der Waals surface area contributed by atoms with Crippen molar-refractivity contribution in [1.82, 2.24) is 4.98 Å². The summed E-state index contributed by atoms with van der Waals surface area (Å²) < 4.78 is 0. The van der Waals surface area contributed by atoms with Crippen molar-refractivity contribution < 1.29 is 9.59 Å². The molecule has 26 heavy (non-hydrogen) atoms. The number of para-hydroxylation sites is 1. The largest absolute Gasteiger partial charge is 0.325 e. The molecule has 1 heterocycles. The summed E-state index contributed by atoms with van der Waals surface area (Å²) in [6.07, 6.45) is 0.691. The van der Waals surface area contributed by atoms with Crippen molar-refractivity contribution in [3.63, 3.8) is 0 Å². The molecule has 0 aliphatic heterocycles. The van der Waals surface area contributed by atoms with Gasteiger partial charge in [0.15, 0.2) is 5.78 Å². The summed E-state index contributed by atoms with van der Waals surface area (Å²) in [6, 6.07) is 18.8. The molecule has 0 radical (unpaired) electrons. The van der Waals surface area contributed by atoms with Crippen LogP contribution in [0, 0.1) is 0 Å². The van der Waals surface area contributed by atoms with Crippen molar-refractivity contribution in [1.29, 1.82) is 0 Å². The molecule has 0 saturated carbocycles. The highest BCUT2D eigenvalue weighted by atomic mass is 32.2. The molecule has 1 atom stereocenters. The predicted molar refractivity (Wildman–Crippen MR) is 107 cm³/mol. The third-order valence-electron chi connectivity index (χ3n) is 4.06. The molecule has 1 aromatic heterocycles. The number of Topliss-reactive ketones (excluding diaryl/α,β-unsaturated/α-hetero) is 1. The molecule has 3 aromatic rings. The van der Waals surface area contributed by atoms with E-state index in [1.165, 1.54) is 18.7 Å². The summed E-state index contributed by atoms with van der Waals surface area (Å²) in [7, 11) is 0. The van der Waals surface area contributed by atoms with Gasteiger partial charge in [-0.2, -0.15) is 0 Å². The number of thioether (sulfide) groups is 1. The number of rotatable bonds is 6. The summed E-state index contributed by atoms with van der Waals surface area (Å²) >= 11 is 1.46. The lowest BCUT2D eigenvalue weighted by Crippen LogP contribution is -2.24. The molecular formula is C21H20N2O2S. The summed E-state index contributed by atoms with van der Waals surface area (Å²) in [5, 5.41) is 4.59. The van der Waals surface area contributed by atoms with Crippen LogP contribution in [-0.4, -0.2) is 21.9 Å². The van der Waals surface area contributed by atoms with Crippen molar-refractivity contribution in [2.75, 3.05) is 5.32 Å². The van der Waals surface area contributed by atoms with Crippen LogP contribution in [0.1, 0.15) is 30.6 Å². The van der Waals surface area contributed by atoms with Gasteiger partial charge in [0.05, 0.1) is 15.8 Å². The van der Waals surface area contributed by atoms with Gasteiger partial charge in [-0.15, -0.1) is 0 Å². The topological polar surface area (TPSA) is 59.1 Å². The fourth-order valence-corrected chi connectivity index (χ4v) is 3.51. The highest BCUT2D eigenvalue weighted by molar-refractivity contribution is 8.00. The Morgan fingerprint density at radius 1 is 1.04 bits per heavy atom. The van der Waals surface area contributed by atoms with Crippen LogP contribution in [-0.2, 0) is 4.79 Å². The highest BCUT2D eigenvalue weighted by Gasteiger charge is 2.19. The quantitative estimate of drug-likeness (QED) is 0.497. The average molecular weight is 364 g/mol. The van der Waals surface area contributed by atoms with Crippen LogP contribution < -0.4 is 5.32 Å². The van der Waals surface area contributed by atoms with Crippen LogP contribution in [0.25, 0.3) is 10.9 Å². The molecule has 2 aromatic carbocycles. The van der Waals surface area contributed by atoms with Gasteiger partial charge in [-0.1, -0.05) is 43.0 Å². The van der Waals surface area contributed by atoms with Crippen LogP contribution in [0.3, 0.4) is 0 Å². The van der Waals surface area contributed by atoms with Crippen LogP contribution in [0.5, 0.6) is 0 Å². The molecule has 3 rings (SSSR count). The predicted octanol–water partition coefficient (Wildman–Crippen LogP) is 4.95. The first-order valence-corrected chi connectivity index (χ1v) is 9.39. The van der Waals surface area contributed by atoms with E-state index in [0.29, 0.717) is 17.7 Å². The molecule has 1 N–H and O–H groups in total. The number of aromatic nitrogens is 1. The lowest BCUT2D eigenvalue weighted by molar-refractivity contribution is -0.115. The molecule has 0 aliphatic carbocycles. The van der Waals surface area contributed by atoms with E-state index in [4.69, 9.17) is 0 Å². The maximum Gasteiger partial charge on any atom is 0.237 e. The van der Waals surface area contributed by atoms with Crippen molar-refractivity contribution in [3.05, 3.63) is 66.2 Å². The van der Waals surface area contributed by atoms with Crippen LogP contribution in [0.2, 0.25) is 0 Å². The molecule has 1 unspecified atom stereocenters. The maximum absolute atomic E-state index is 12.6. The van der Waals surface area contributed by atoms with Gasteiger partial charge < -0.3 is 5.32 Å². The molecule has 0 fully saturated rings. The third-order valence-corrected chi connectivity index (χ3v) is 5.36. The number of anilines is 1. The van der Waals surface area contributed by atoms with Gasteiger partial charge >= 0.3 is 0 Å². The number of carbonyl (C=O) groups excluding carboxylic acids is 2. The standard InChI is InChI=1S/C21H20N2O2S/c1-3-19(21(25)22-17-11-8-15(9-12-17)14(2)24)26-20-13-10-16-6-4-5-7-18(16)23-20/h4-13,19H,3H2,1-2H3,(H,22,25). The Bertz CT molecular complexity index is 938. The zero-order valence-corrected chi connectivity index (χ0v) is 15.5. The van der Waals surface area contributed by atoms with Gasteiger partial charge in [0.2, 0.25) is 5.91 Å². The van der Waals surface area contributed by atoms with E-state index in [-0.39, 0.29) is 16.9 Å². The van der Waals surface area contributed by atoms with Crippen LogP contribution in [0.4, 0.5) is 5.69 Å². The Hall–Kier alpha value is -2.66. The number of amides is 1. The lowest BCUT2D eigenvalue weighted by atomic mass is 10.1. The van der Waals surface area contributed by atoms with Gasteiger partial charge in [0, 0.05) is 16.6 Å². The van der Waals surface area contributed by atoms with E-state index in [1.807, 2.05) is 43.3 Å². The Morgan fingerprint density at radius 3 is 2.46 bits per heavy atom. The number of carbonyl (C=O) groups is 2. The number of ketones is 1. The number of nitrogens with zero attached hydrogens (tertiary/aromatic N) is 1. The molecule has 132 valence electrons. The van der Waals surface area contributed by atoms with Gasteiger partial charge in [0.25, 0.3) is 0 Å². The summed E-state index contributed by atoms with van der Waals surface area (Å²) in [4.78, 5) is 28.6. The summed E-state index contributed by atoms with van der Waals surface area (Å²) in [5.41, 5.74) is 2.24. The first-order valence-electron chi connectivity index (χ1n) is 8.51. The Balaban J connectivity index is 1.70. The second-order valence-electron chi connectivity index (χ2n) is 5.98. The van der Waals surface area contributed by atoms with E-state index in [0.717, 1.165) is 15.9 Å². The molecule has 0 aliphatic rings. The van der Waals surface area contributed by atoms with Gasteiger partial charge in [-0.05, 0) is 49.7 Å². The zero-order chi connectivity index (χ0) is 18.5. The number of hydrogen-bond donors (Lipinski definition) is 1. The summed E-state index contributed by atoms with van der Waals surface area (Å²) in [6.45, 7) is 3.51. The van der Waals surface area contributed by atoms with Gasteiger partial charge in [0.1, 0.15) is 0 Å². The SMILES string of the molecule is CCC(Sc1ccc2ccccc2n1)C(=O)Nc1ccc(C(C)=O)cc1. The van der Waals surface area contributed by atoms with E-state index >= 15 is 0 Å². The van der Waals surface area contributed by atoms with Crippen LogP contribution in [0.15, 0.2) is 65.7 Å². The number of hydrogen-bond acceptors (Lipinski definition) is 4. The highest BCUT2D eigenvalue weighted by Crippen LogP contribution is 2.27.